The van der Waals surface area contributed by atoms with Gasteiger partial charge in [0.15, 0.2) is 0 Å². The third-order valence-electron chi connectivity index (χ3n) is 4.43. The Labute approximate surface area is 169 Å². The first-order valence-electron chi connectivity index (χ1n) is 8.36. The zero-order valence-corrected chi connectivity index (χ0v) is 19.4. The van der Waals surface area contributed by atoms with Crippen LogP contribution in [0.1, 0.15) is 54.9 Å². The Morgan fingerprint density at radius 3 is 2.08 bits per heavy atom. The topological polar surface area (TPSA) is 26.3 Å². The molecule has 2 nitrogen and oxygen atoms in total. The number of rotatable bonds is 4. The molecular weight excluding hydrogens is 388 g/mol. The summed E-state index contributed by atoms with van der Waals surface area (Å²) in [6.45, 7) is 15.3. The Morgan fingerprint density at radius 1 is 0.960 bits per heavy atom. The molecule has 0 amide bonds. The van der Waals surface area contributed by atoms with Gasteiger partial charge in [-0.3, -0.25) is 4.79 Å². The zero-order chi connectivity index (χ0) is 18.9. The van der Waals surface area contributed by atoms with Crippen molar-refractivity contribution in [1.82, 2.24) is 0 Å². The smallest absolute Gasteiger partial charge is 0.312 e. The molecular formula is C19H28O2S4. The van der Waals surface area contributed by atoms with Crippen LogP contribution < -0.4 is 0 Å². The van der Waals surface area contributed by atoms with Gasteiger partial charge in [0, 0.05) is 4.91 Å². The van der Waals surface area contributed by atoms with Crippen LogP contribution in [0.25, 0.3) is 0 Å². The molecule has 6 heteroatoms. The average Bonchev–Trinajstić information content (AvgIpc) is 3.12. The van der Waals surface area contributed by atoms with Gasteiger partial charge >= 0.3 is 5.97 Å². The fraction of sp³-hybridized carbons (Fsp3) is 0.632. The summed E-state index contributed by atoms with van der Waals surface area (Å²) in [4.78, 5) is 14.1. The van der Waals surface area contributed by atoms with Crippen molar-refractivity contribution in [2.24, 2.45) is 16.2 Å². The van der Waals surface area contributed by atoms with Crippen molar-refractivity contribution in [2.45, 2.75) is 54.9 Å². The third kappa shape index (κ3) is 5.53. The predicted octanol–water partition coefficient (Wildman–Crippen LogP) is 7.42. The maximum Gasteiger partial charge on any atom is 0.312 e. The van der Waals surface area contributed by atoms with E-state index in [4.69, 9.17) is 4.74 Å². The quantitative estimate of drug-likeness (QED) is 0.442. The predicted molar refractivity (Wildman–Crippen MR) is 117 cm³/mol. The molecule has 0 aliphatic carbocycles. The number of thioether (sulfide) groups is 4. The van der Waals surface area contributed by atoms with Crippen LogP contribution in [0, 0.1) is 16.2 Å². The highest BCUT2D eigenvalue weighted by Crippen LogP contribution is 2.53. The molecule has 1 atom stereocenters. The van der Waals surface area contributed by atoms with Gasteiger partial charge in [-0.15, -0.1) is 0 Å². The monoisotopic (exact) mass is 416 g/mol. The first-order valence-corrected chi connectivity index (χ1v) is 11.8. The molecule has 0 N–H and O–H groups in total. The fourth-order valence-corrected chi connectivity index (χ4v) is 7.14. The molecule has 2 aliphatic rings. The molecule has 0 spiro atoms. The Bertz CT molecular complexity index is 610. The lowest BCUT2D eigenvalue weighted by Gasteiger charge is -2.43. The second kappa shape index (κ2) is 7.99. The fourth-order valence-electron chi connectivity index (χ4n) is 2.74. The maximum absolute atomic E-state index is 13.0. The minimum atomic E-state index is -0.509. The van der Waals surface area contributed by atoms with E-state index in [-0.39, 0.29) is 16.8 Å². The molecule has 0 aromatic carbocycles. The van der Waals surface area contributed by atoms with Gasteiger partial charge in [-0.1, -0.05) is 88.6 Å². The Kier molecular flexibility index (Phi) is 6.84. The number of carbonyl (C=O) groups excluding carboxylic acids is 1. The number of carbonyl (C=O) groups is 1. The highest BCUT2D eigenvalue weighted by molar-refractivity contribution is 8.33. The molecule has 0 radical (unpaired) electrons. The van der Waals surface area contributed by atoms with Crippen LogP contribution in [-0.2, 0) is 9.53 Å². The maximum atomic E-state index is 13.0. The average molecular weight is 417 g/mol. The van der Waals surface area contributed by atoms with Gasteiger partial charge in [0.2, 0.25) is 0 Å². The van der Waals surface area contributed by atoms with Crippen LogP contribution in [0.3, 0.4) is 0 Å². The molecule has 0 saturated carbocycles. The Morgan fingerprint density at radius 2 is 1.56 bits per heavy atom. The second-order valence-corrected chi connectivity index (χ2v) is 13.1. The molecule has 140 valence electrons. The highest BCUT2D eigenvalue weighted by atomic mass is 32.2. The first kappa shape index (κ1) is 21.4. The van der Waals surface area contributed by atoms with Gasteiger partial charge in [-0.05, 0) is 40.4 Å². The van der Waals surface area contributed by atoms with E-state index in [0.717, 1.165) is 11.3 Å². The summed E-state index contributed by atoms with van der Waals surface area (Å²) in [5.74, 6) is -0.0891. The van der Waals surface area contributed by atoms with Crippen LogP contribution in [0.2, 0.25) is 0 Å². The molecule has 0 fully saturated rings. The van der Waals surface area contributed by atoms with Gasteiger partial charge in [-0.25, -0.2) is 0 Å². The van der Waals surface area contributed by atoms with Crippen molar-refractivity contribution in [3.8, 4) is 0 Å². The van der Waals surface area contributed by atoms with Gasteiger partial charge in [0.25, 0.3) is 0 Å². The molecule has 0 aromatic heterocycles. The normalized spacial score (nSPS) is 20.7. The largest absolute Gasteiger partial charge is 0.460 e. The van der Waals surface area contributed by atoms with E-state index in [1.165, 1.54) is 8.47 Å². The lowest BCUT2D eigenvalue weighted by Crippen LogP contribution is -2.44. The lowest BCUT2D eigenvalue weighted by molar-refractivity contribution is -0.163. The molecule has 0 bridgehead atoms. The first-order chi connectivity index (χ1) is 11.4. The van der Waals surface area contributed by atoms with Gasteiger partial charge in [0.05, 0.1) is 13.9 Å². The molecule has 2 rings (SSSR count). The minimum absolute atomic E-state index is 0.0692. The molecule has 2 heterocycles. The molecule has 2 aliphatic heterocycles. The summed E-state index contributed by atoms with van der Waals surface area (Å²) < 4.78 is 8.39. The second-order valence-electron chi connectivity index (χ2n) is 8.78. The summed E-state index contributed by atoms with van der Waals surface area (Å²) in [5, 5.41) is 6.32. The summed E-state index contributed by atoms with van der Waals surface area (Å²) >= 11 is 6.97. The van der Waals surface area contributed by atoms with Crippen LogP contribution in [0.5, 0.6) is 0 Å². The Balaban J connectivity index is 1.99. The van der Waals surface area contributed by atoms with Crippen LogP contribution >= 0.6 is 47.0 Å². The standard InChI is InChI=1S/C19H28O2S4/c1-17(2,3)12-19(7,18(4,5)6)16(20)21-10-13-11-24-15(25-13)14-22-8-9-23-14/h8-9,11H,10,12H2,1-7H3. The summed E-state index contributed by atoms with van der Waals surface area (Å²) in [6, 6.07) is 0. The number of ether oxygens (including phenoxy) is 1. The van der Waals surface area contributed by atoms with Crippen molar-refractivity contribution < 1.29 is 9.53 Å². The molecule has 0 saturated heterocycles. The van der Waals surface area contributed by atoms with Crippen molar-refractivity contribution >= 4 is 53.0 Å². The molecule has 25 heavy (non-hydrogen) atoms. The summed E-state index contributed by atoms with van der Waals surface area (Å²) in [7, 11) is 0. The molecule has 0 aromatic rings. The SMILES string of the molecule is CC(C)(C)CC(C)(C(=O)OCC1=CSC(=C2SC=CS2)S1)C(C)(C)C. The lowest BCUT2D eigenvalue weighted by atomic mass is 9.61. The van der Waals surface area contributed by atoms with Gasteiger partial charge < -0.3 is 4.74 Å². The summed E-state index contributed by atoms with van der Waals surface area (Å²) in [5.41, 5.74) is -0.594. The number of esters is 1. The van der Waals surface area contributed by atoms with E-state index >= 15 is 0 Å². The highest BCUT2D eigenvalue weighted by Gasteiger charge is 2.47. The third-order valence-corrected chi connectivity index (χ3v) is 9.47. The number of hydrogen-bond acceptors (Lipinski definition) is 6. The van der Waals surface area contributed by atoms with Gasteiger partial charge in [-0.2, -0.15) is 0 Å². The van der Waals surface area contributed by atoms with Gasteiger partial charge in [0.1, 0.15) is 6.61 Å². The van der Waals surface area contributed by atoms with E-state index in [1.54, 1.807) is 47.0 Å². The minimum Gasteiger partial charge on any atom is -0.460 e. The van der Waals surface area contributed by atoms with Crippen molar-refractivity contribution in [1.29, 1.82) is 0 Å². The van der Waals surface area contributed by atoms with E-state index in [0.29, 0.717) is 6.61 Å². The van der Waals surface area contributed by atoms with E-state index < -0.39 is 5.41 Å². The van der Waals surface area contributed by atoms with Crippen LogP contribution in [-0.4, -0.2) is 12.6 Å². The van der Waals surface area contributed by atoms with Crippen molar-refractivity contribution in [2.75, 3.05) is 6.61 Å². The van der Waals surface area contributed by atoms with Crippen molar-refractivity contribution in [3.63, 3.8) is 0 Å². The zero-order valence-electron chi connectivity index (χ0n) is 16.1. The Hall–Kier alpha value is 0.0900. The van der Waals surface area contributed by atoms with E-state index in [1.807, 2.05) is 0 Å². The van der Waals surface area contributed by atoms with Crippen molar-refractivity contribution in [3.05, 3.63) is 29.6 Å². The summed E-state index contributed by atoms with van der Waals surface area (Å²) in [6.07, 6.45) is 0.803. The van der Waals surface area contributed by atoms with Crippen LogP contribution in [0.4, 0.5) is 0 Å². The molecule has 1 unspecified atom stereocenters. The van der Waals surface area contributed by atoms with Crippen LogP contribution in [0.15, 0.2) is 29.6 Å². The van der Waals surface area contributed by atoms with E-state index in [9.17, 15) is 4.79 Å². The number of hydrogen-bond donors (Lipinski definition) is 0. The van der Waals surface area contributed by atoms with E-state index in [2.05, 4.69) is 64.7 Å².